The number of hydrogen-bond donors (Lipinski definition) is 2. The summed E-state index contributed by atoms with van der Waals surface area (Å²) < 4.78 is 0. The Balaban J connectivity index is 0.000000810. The Kier molecular flexibility index (Phi) is 3.38. The molecule has 1 heterocycles. The predicted octanol–water partition coefficient (Wildman–Crippen LogP) is 1.61. The number of carbonyl (C=O) groups is 1. The van der Waals surface area contributed by atoms with Gasteiger partial charge in [-0.2, -0.15) is 0 Å². The summed E-state index contributed by atoms with van der Waals surface area (Å²) in [6.07, 6.45) is 0. The van der Waals surface area contributed by atoms with Crippen molar-refractivity contribution in [2.24, 2.45) is 0 Å². The smallest absolute Gasteiger partial charge is 0.345 e. The lowest BCUT2D eigenvalue weighted by atomic mass is 10.4. The highest BCUT2D eigenvalue weighted by molar-refractivity contribution is 8.93. The van der Waals surface area contributed by atoms with Gasteiger partial charge in [-0.25, -0.2) is 4.79 Å². The Morgan fingerprint density at radius 3 is 2.50 bits per heavy atom. The van der Waals surface area contributed by atoms with Crippen LogP contribution in [0.3, 0.4) is 0 Å². The lowest BCUT2D eigenvalue weighted by Crippen LogP contribution is -1.90. The second-order valence-electron chi connectivity index (χ2n) is 1.55. The minimum Gasteiger partial charge on any atom is -0.477 e. The highest BCUT2D eigenvalue weighted by Crippen LogP contribution is 2.15. The molecule has 0 aliphatic carbocycles. The summed E-state index contributed by atoms with van der Waals surface area (Å²) in [7, 11) is 0. The van der Waals surface area contributed by atoms with Crippen LogP contribution in [0, 0.1) is 0 Å². The maximum atomic E-state index is 10.2. The Morgan fingerprint density at radius 2 is 2.30 bits per heavy atom. The van der Waals surface area contributed by atoms with E-state index in [1.165, 1.54) is 6.07 Å². The van der Waals surface area contributed by atoms with Crippen molar-refractivity contribution in [1.82, 2.24) is 0 Å². The van der Waals surface area contributed by atoms with Crippen molar-refractivity contribution in [2.75, 3.05) is 5.73 Å². The maximum absolute atomic E-state index is 10.2. The van der Waals surface area contributed by atoms with Gasteiger partial charge in [-0.3, -0.25) is 0 Å². The second kappa shape index (κ2) is 3.58. The molecule has 5 heteroatoms. The van der Waals surface area contributed by atoms with Crippen LogP contribution in [-0.4, -0.2) is 11.1 Å². The Bertz CT molecular complexity index is 235. The van der Waals surface area contributed by atoms with Crippen molar-refractivity contribution in [3.8, 4) is 0 Å². The molecule has 0 saturated heterocycles. The van der Waals surface area contributed by atoms with E-state index in [2.05, 4.69) is 0 Å². The van der Waals surface area contributed by atoms with Gasteiger partial charge in [0.05, 0.1) is 0 Å². The number of rotatable bonds is 1. The molecule has 0 bridgehead atoms. The van der Waals surface area contributed by atoms with E-state index in [-0.39, 0.29) is 21.9 Å². The molecule has 3 N–H and O–H groups in total. The van der Waals surface area contributed by atoms with Crippen LogP contribution in [0.4, 0.5) is 5.69 Å². The number of nitrogens with two attached hydrogens (primary N) is 1. The van der Waals surface area contributed by atoms with E-state index in [4.69, 9.17) is 10.8 Å². The molecular formula is C5H6BrNO2S. The average molecular weight is 224 g/mol. The first-order valence-electron chi connectivity index (χ1n) is 2.27. The number of hydrogen-bond acceptors (Lipinski definition) is 3. The van der Waals surface area contributed by atoms with Gasteiger partial charge in [0.2, 0.25) is 0 Å². The van der Waals surface area contributed by atoms with Crippen LogP contribution in [0.25, 0.3) is 0 Å². The molecule has 0 atom stereocenters. The number of nitrogen functional groups attached to an aromatic ring is 1. The first kappa shape index (κ1) is 9.45. The minimum atomic E-state index is -0.920. The third-order valence-electron chi connectivity index (χ3n) is 0.831. The van der Waals surface area contributed by atoms with E-state index in [0.717, 1.165) is 11.3 Å². The lowest BCUT2D eigenvalue weighted by Gasteiger charge is -1.79. The Labute approximate surface area is 72.2 Å². The molecule has 10 heavy (non-hydrogen) atoms. The molecule has 3 nitrogen and oxygen atoms in total. The summed E-state index contributed by atoms with van der Waals surface area (Å²) in [5, 5.41) is 9.95. The van der Waals surface area contributed by atoms with Crippen LogP contribution in [0.2, 0.25) is 0 Å². The summed E-state index contributed by atoms with van der Waals surface area (Å²) >= 11 is 1.13. The Morgan fingerprint density at radius 1 is 1.70 bits per heavy atom. The summed E-state index contributed by atoms with van der Waals surface area (Å²) in [6.45, 7) is 0. The van der Waals surface area contributed by atoms with Gasteiger partial charge >= 0.3 is 5.97 Å². The van der Waals surface area contributed by atoms with E-state index in [0.29, 0.717) is 5.69 Å². The van der Waals surface area contributed by atoms with E-state index in [1.54, 1.807) is 5.38 Å². The molecule has 0 aliphatic heterocycles. The largest absolute Gasteiger partial charge is 0.477 e. The standard InChI is InChI=1S/C5H5NO2S.BrH/c6-3-1-4(5(7)8)9-2-3;/h1-2H,6H2,(H,7,8);1H. The van der Waals surface area contributed by atoms with Crippen molar-refractivity contribution in [3.05, 3.63) is 16.3 Å². The zero-order valence-electron chi connectivity index (χ0n) is 4.90. The molecule has 1 rings (SSSR count). The molecular weight excluding hydrogens is 218 g/mol. The quantitative estimate of drug-likeness (QED) is 0.761. The zero-order chi connectivity index (χ0) is 6.85. The summed E-state index contributed by atoms with van der Waals surface area (Å²) in [6, 6.07) is 1.44. The molecule has 0 fully saturated rings. The third-order valence-corrected chi connectivity index (χ3v) is 1.77. The summed E-state index contributed by atoms with van der Waals surface area (Å²) in [4.78, 5) is 10.5. The topological polar surface area (TPSA) is 63.3 Å². The Hall–Kier alpha value is -0.550. The normalized spacial score (nSPS) is 8.40. The van der Waals surface area contributed by atoms with Gasteiger partial charge < -0.3 is 10.8 Å². The van der Waals surface area contributed by atoms with Crippen LogP contribution in [0.5, 0.6) is 0 Å². The first-order valence-corrected chi connectivity index (χ1v) is 3.15. The molecule has 0 spiro atoms. The lowest BCUT2D eigenvalue weighted by molar-refractivity contribution is 0.0702. The van der Waals surface area contributed by atoms with Crippen molar-refractivity contribution in [3.63, 3.8) is 0 Å². The van der Waals surface area contributed by atoms with Gasteiger partial charge in [0.25, 0.3) is 0 Å². The van der Waals surface area contributed by atoms with Crippen molar-refractivity contribution < 1.29 is 9.90 Å². The van der Waals surface area contributed by atoms with Crippen LogP contribution < -0.4 is 5.73 Å². The third kappa shape index (κ3) is 2.00. The van der Waals surface area contributed by atoms with Gasteiger partial charge in [-0.05, 0) is 6.07 Å². The highest BCUT2D eigenvalue weighted by Gasteiger charge is 2.03. The fourth-order valence-electron chi connectivity index (χ4n) is 0.463. The molecule has 56 valence electrons. The van der Waals surface area contributed by atoms with E-state index < -0.39 is 5.97 Å². The number of thiophene rings is 1. The molecule has 0 amide bonds. The van der Waals surface area contributed by atoms with Crippen LogP contribution in [-0.2, 0) is 0 Å². The van der Waals surface area contributed by atoms with Gasteiger partial charge in [-0.1, -0.05) is 0 Å². The van der Waals surface area contributed by atoms with Crippen molar-refractivity contribution in [1.29, 1.82) is 0 Å². The zero-order valence-corrected chi connectivity index (χ0v) is 7.43. The molecule has 0 saturated carbocycles. The maximum Gasteiger partial charge on any atom is 0.345 e. The second-order valence-corrected chi connectivity index (χ2v) is 2.46. The number of halogens is 1. The van der Waals surface area contributed by atoms with Crippen LogP contribution in [0.15, 0.2) is 11.4 Å². The SMILES string of the molecule is Br.Nc1csc(C(=O)O)c1. The molecule has 0 unspecified atom stereocenters. The number of anilines is 1. The molecule has 1 aromatic heterocycles. The van der Waals surface area contributed by atoms with Crippen molar-refractivity contribution in [2.45, 2.75) is 0 Å². The van der Waals surface area contributed by atoms with Gasteiger partial charge in [0, 0.05) is 11.1 Å². The van der Waals surface area contributed by atoms with Gasteiger partial charge in [0.1, 0.15) is 4.88 Å². The number of carboxylic acid groups (broad SMARTS) is 1. The average Bonchev–Trinajstić information content (AvgIpc) is 2.14. The molecule has 0 aromatic carbocycles. The number of carboxylic acids is 1. The summed E-state index contributed by atoms with van der Waals surface area (Å²) in [5.74, 6) is -0.920. The summed E-state index contributed by atoms with van der Waals surface area (Å²) in [5.41, 5.74) is 5.77. The van der Waals surface area contributed by atoms with Gasteiger partial charge in [-0.15, -0.1) is 28.3 Å². The molecule has 0 radical (unpaired) electrons. The fourth-order valence-corrected chi connectivity index (χ4v) is 1.10. The molecule has 0 aliphatic rings. The number of aromatic carboxylic acids is 1. The first-order chi connectivity index (χ1) is 4.20. The fraction of sp³-hybridized carbons (Fsp3) is 0. The molecule has 1 aromatic rings. The van der Waals surface area contributed by atoms with E-state index >= 15 is 0 Å². The van der Waals surface area contributed by atoms with E-state index in [9.17, 15) is 4.79 Å². The predicted molar refractivity (Wildman–Crippen MR) is 46.0 cm³/mol. The highest BCUT2D eigenvalue weighted by atomic mass is 79.9. The minimum absolute atomic E-state index is 0. The van der Waals surface area contributed by atoms with E-state index in [1.807, 2.05) is 0 Å². The monoisotopic (exact) mass is 223 g/mol. The van der Waals surface area contributed by atoms with Gasteiger partial charge in [0.15, 0.2) is 0 Å². The van der Waals surface area contributed by atoms with Crippen LogP contribution >= 0.6 is 28.3 Å². The van der Waals surface area contributed by atoms with Crippen LogP contribution in [0.1, 0.15) is 9.67 Å². The van der Waals surface area contributed by atoms with Crippen molar-refractivity contribution >= 4 is 40.0 Å².